The van der Waals surface area contributed by atoms with Crippen LogP contribution in [0.1, 0.15) is 84.0 Å². The number of hydrogen-bond donors (Lipinski definition) is 2. The van der Waals surface area contributed by atoms with Crippen LogP contribution in [0.15, 0.2) is 23.9 Å². The molecule has 0 bridgehead atoms. The van der Waals surface area contributed by atoms with Gasteiger partial charge in [0.2, 0.25) is 0 Å². The number of halogens is 2. The van der Waals surface area contributed by atoms with E-state index in [1.807, 2.05) is 13.8 Å². The van der Waals surface area contributed by atoms with Crippen molar-refractivity contribution in [3.8, 4) is 0 Å². The Morgan fingerprint density at radius 1 is 0.974 bits per heavy atom. The Labute approximate surface area is 233 Å². The number of ether oxygens (including phenoxy) is 3. The molecule has 10 nitrogen and oxygen atoms in total. The SMILES string of the molecule is CCCC(=CC(=O)OCC)NC(=O)Nc1cc(C(=O)OC(C)C)c(Cl)cc1F.CCCC(=O)CC(=O)OCC. The molecule has 2 N–H and O–H groups in total. The molecule has 12 heteroatoms. The quantitative estimate of drug-likeness (QED) is 0.132. The van der Waals surface area contributed by atoms with Crippen molar-refractivity contribution in [3.05, 3.63) is 40.3 Å². The summed E-state index contributed by atoms with van der Waals surface area (Å²) in [5.74, 6) is -2.61. The summed E-state index contributed by atoms with van der Waals surface area (Å²) in [6.07, 6.45) is 3.03. The van der Waals surface area contributed by atoms with Gasteiger partial charge >= 0.3 is 23.9 Å². The van der Waals surface area contributed by atoms with Crippen molar-refractivity contribution in [2.24, 2.45) is 0 Å². The number of nitrogens with one attached hydrogen (secondary N) is 2. The third-order valence-corrected chi connectivity index (χ3v) is 4.73. The zero-order valence-electron chi connectivity index (χ0n) is 23.3. The summed E-state index contributed by atoms with van der Waals surface area (Å²) in [5, 5.41) is 4.63. The van der Waals surface area contributed by atoms with Crippen LogP contribution in [0.2, 0.25) is 5.02 Å². The number of allylic oxidation sites excluding steroid dienone is 1. The number of rotatable bonds is 13. The van der Waals surface area contributed by atoms with Crippen LogP contribution in [0.5, 0.6) is 0 Å². The third-order valence-electron chi connectivity index (χ3n) is 4.42. The van der Waals surface area contributed by atoms with E-state index >= 15 is 0 Å². The Hall–Kier alpha value is -3.47. The molecule has 1 aromatic carbocycles. The van der Waals surface area contributed by atoms with Crippen molar-refractivity contribution in [2.75, 3.05) is 18.5 Å². The summed E-state index contributed by atoms with van der Waals surface area (Å²) in [6, 6.07) is 1.22. The van der Waals surface area contributed by atoms with Gasteiger partial charge in [-0.3, -0.25) is 9.59 Å². The molecule has 0 radical (unpaired) electrons. The minimum Gasteiger partial charge on any atom is -0.466 e. The van der Waals surface area contributed by atoms with Gasteiger partial charge in [-0.15, -0.1) is 0 Å². The zero-order valence-corrected chi connectivity index (χ0v) is 24.0. The molecule has 0 aliphatic rings. The molecular weight excluding hydrogens is 535 g/mol. The second-order valence-corrected chi connectivity index (χ2v) is 8.69. The smallest absolute Gasteiger partial charge is 0.339 e. The van der Waals surface area contributed by atoms with E-state index in [0.29, 0.717) is 31.6 Å². The fourth-order valence-electron chi connectivity index (χ4n) is 2.88. The van der Waals surface area contributed by atoms with Crippen LogP contribution >= 0.6 is 11.6 Å². The van der Waals surface area contributed by atoms with Crippen molar-refractivity contribution in [2.45, 2.75) is 79.8 Å². The number of anilines is 1. The van der Waals surface area contributed by atoms with E-state index in [4.69, 9.17) is 21.1 Å². The van der Waals surface area contributed by atoms with E-state index in [0.717, 1.165) is 24.6 Å². The normalized spacial score (nSPS) is 10.6. The second kappa shape index (κ2) is 19.6. The summed E-state index contributed by atoms with van der Waals surface area (Å²) in [6.45, 7) is 11.0. The Morgan fingerprint density at radius 2 is 1.59 bits per heavy atom. The minimum absolute atomic E-state index is 0.0362. The van der Waals surface area contributed by atoms with Crippen LogP contribution in [0, 0.1) is 5.82 Å². The first kappa shape index (κ1) is 35.5. The lowest BCUT2D eigenvalue weighted by Gasteiger charge is -2.13. The first-order valence-electron chi connectivity index (χ1n) is 12.7. The van der Waals surface area contributed by atoms with Crippen molar-refractivity contribution >= 4 is 47.0 Å². The van der Waals surface area contributed by atoms with E-state index in [1.165, 1.54) is 0 Å². The molecule has 0 saturated carbocycles. The first-order valence-corrected chi connectivity index (χ1v) is 13.1. The molecule has 0 aromatic heterocycles. The van der Waals surface area contributed by atoms with Gasteiger partial charge in [-0.05, 0) is 52.7 Å². The fourth-order valence-corrected chi connectivity index (χ4v) is 3.11. The van der Waals surface area contributed by atoms with Gasteiger partial charge in [0.15, 0.2) is 0 Å². The van der Waals surface area contributed by atoms with Crippen molar-refractivity contribution in [3.63, 3.8) is 0 Å². The molecule has 0 fully saturated rings. The van der Waals surface area contributed by atoms with E-state index in [1.54, 1.807) is 27.7 Å². The molecule has 218 valence electrons. The summed E-state index contributed by atoms with van der Waals surface area (Å²) < 4.78 is 28.6. The lowest BCUT2D eigenvalue weighted by Crippen LogP contribution is -2.29. The number of amides is 2. The van der Waals surface area contributed by atoms with Gasteiger partial charge in [0.25, 0.3) is 0 Å². The fraction of sp³-hybridized carbons (Fsp3) is 0.519. The molecule has 1 rings (SSSR count). The standard InChI is InChI=1S/C19H24ClFN2O5.C8H14O3/c1-5-7-12(8-17(24)27-6-2)22-19(26)23-16-9-13(14(20)10-15(16)21)18(25)28-11(3)4;1-3-5-7(9)6-8(10)11-4-2/h8-11H,5-7H2,1-4H3,(H2,22,23,26);3-6H2,1-2H3. The van der Waals surface area contributed by atoms with Gasteiger partial charge in [-0.1, -0.05) is 31.9 Å². The number of benzene rings is 1. The molecular formula is C27H38ClFN2O8. The number of esters is 3. The van der Waals surface area contributed by atoms with E-state index in [2.05, 4.69) is 15.4 Å². The highest BCUT2D eigenvalue weighted by Gasteiger charge is 2.19. The topological polar surface area (TPSA) is 137 Å². The maximum atomic E-state index is 14.1. The highest BCUT2D eigenvalue weighted by Crippen LogP contribution is 2.25. The first-order chi connectivity index (χ1) is 18.4. The monoisotopic (exact) mass is 572 g/mol. The lowest BCUT2D eigenvalue weighted by molar-refractivity contribution is -0.145. The lowest BCUT2D eigenvalue weighted by atomic mass is 10.2. The van der Waals surface area contributed by atoms with Gasteiger partial charge in [0.05, 0.1) is 35.6 Å². The van der Waals surface area contributed by atoms with Crippen LogP contribution in [-0.4, -0.2) is 49.0 Å². The zero-order chi connectivity index (χ0) is 30.0. The van der Waals surface area contributed by atoms with Crippen LogP contribution in [0.4, 0.5) is 14.9 Å². The number of Topliss-reactive ketones (excluding diaryl/α,β-unsaturated/α-hetero) is 1. The van der Waals surface area contributed by atoms with E-state index in [-0.39, 0.29) is 35.1 Å². The van der Waals surface area contributed by atoms with Crippen molar-refractivity contribution in [1.29, 1.82) is 0 Å². The van der Waals surface area contributed by atoms with Crippen LogP contribution in [0.3, 0.4) is 0 Å². The average Bonchev–Trinajstić information content (AvgIpc) is 2.81. The van der Waals surface area contributed by atoms with E-state index in [9.17, 15) is 28.4 Å². The predicted octanol–water partition coefficient (Wildman–Crippen LogP) is 5.72. The van der Waals surface area contributed by atoms with Crippen molar-refractivity contribution in [1.82, 2.24) is 5.32 Å². The molecule has 0 aliphatic carbocycles. The van der Waals surface area contributed by atoms with Crippen LogP contribution in [-0.2, 0) is 28.6 Å². The minimum atomic E-state index is -0.826. The number of carbonyl (C=O) groups is 5. The van der Waals surface area contributed by atoms with Crippen LogP contribution < -0.4 is 10.6 Å². The molecule has 0 unspecified atom stereocenters. The Morgan fingerprint density at radius 3 is 2.13 bits per heavy atom. The predicted molar refractivity (Wildman–Crippen MR) is 145 cm³/mol. The Balaban J connectivity index is 0.00000110. The summed E-state index contributed by atoms with van der Waals surface area (Å²) in [7, 11) is 0. The van der Waals surface area contributed by atoms with Gasteiger partial charge < -0.3 is 24.8 Å². The summed E-state index contributed by atoms with van der Waals surface area (Å²) >= 11 is 5.90. The molecule has 39 heavy (non-hydrogen) atoms. The summed E-state index contributed by atoms with van der Waals surface area (Å²) in [5.41, 5.74) is -0.0280. The Kier molecular flexibility index (Phi) is 17.8. The number of carbonyl (C=O) groups excluding carboxylic acids is 5. The largest absolute Gasteiger partial charge is 0.466 e. The van der Waals surface area contributed by atoms with Gasteiger partial charge in [-0.25, -0.2) is 18.8 Å². The number of hydrogen-bond acceptors (Lipinski definition) is 8. The van der Waals surface area contributed by atoms with Gasteiger partial charge in [0.1, 0.15) is 18.0 Å². The van der Waals surface area contributed by atoms with Crippen molar-refractivity contribution < 1.29 is 42.6 Å². The molecule has 0 saturated heterocycles. The third kappa shape index (κ3) is 15.5. The number of ketones is 1. The van der Waals surface area contributed by atoms with Gasteiger partial charge in [-0.2, -0.15) is 0 Å². The number of urea groups is 1. The average molecular weight is 573 g/mol. The molecule has 0 aliphatic heterocycles. The highest BCUT2D eigenvalue weighted by molar-refractivity contribution is 6.33. The van der Waals surface area contributed by atoms with E-state index < -0.39 is 35.9 Å². The second-order valence-electron chi connectivity index (χ2n) is 8.29. The summed E-state index contributed by atoms with van der Waals surface area (Å²) in [4.78, 5) is 57.3. The molecule has 0 spiro atoms. The molecule has 0 heterocycles. The molecule has 2 amide bonds. The highest BCUT2D eigenvalue weighted by atomic mass is 35.5. The maximum Gasteiger partial charge on any atom is 0.339 e. The van der Waals surface area contributed by atoms with Gasteiger partial charge in [0, 0.05) is 18.2 Å². The van der Waals surface area contributed by atoms with Crippen LogP contribution in [0.25, 0.3) is 0 Å². The molecule has 1 aromatic rings. The Bertz CT molecular complexity index is 1010. The maximum absolute atomic E-state index is 14.1. The molecule has 0 atom stereocenters.